The first-order chi connectivity index (χ1) is 11.0. The molecule has 0 atom stereocenters. The van der Waals surface area contributed by atoms with E-state index in [1.165, 1.54) is 6.07 Å². The molecule has 1 heterocycles. The van der Waals surface area contributed by atoms with Crippen LogP contribution >= 0.6 is 12.2 Å². The van der Waals surface area contributed by atoms with Crippen molar-refractivity contribution in [2.24, 2.45) is 0 Å². The molecule has 3 aromatic rings. The molecule has 2 N–H and O–H groups in total. The van der Waals surface area contributed by atoms with Crippen LogP contribution in [0.4, 0.5) is 11.4 Å². The maximum Gasteiger partial charge on any atom is 0.336 e. The van der Waals surface area contributed by atoms with Gasteiger partial charge in [-0.25, -0.2) is 4.79 Å². The van der Waals surface area contributed by atoms with Gasteiger partial charge in [0.1, 0.15) is 5.58 Å². The van der Waals surface area contributed by atoms with Crippen LogP contribution in [0.1, 0.15) is 11.1 Å². The summed E-state index contributed by atoms with van der Waals surface area (Å²) in [6.07, 6.45) is 0. The molecule has 3 rings (SSSR count). The zero-order valence-corrected chi connectivity index (χ0v) is 13.7. The summed E-state index contributed by atoms with van der Waals surface area (Å²) >= 11 is 5.34. The monoisotopic (exact) mass is 324 g/mol. The molecule has 0 saturated heterocycles. The third kappa shape index (κ3) is 3.40. The second-order valence-corrected chi connectivity index (χ2v) is 5.76. The molecular formula is C18H16N2O2S. The van der Waals surface area contributed by atoms with Crippen molar-refractivity contribution in [1.82, 2.24) is 0 Å². The maximum absolute atomic E-state index is 11.5. The number of fused-ring (bicyclic) bond motifs is 1. The predicted octanol–water partition coefficient (Wildman–Crippen LogP) is 4.22. The summed E-state index contributed by atoms with van der Waals surface area (Å²) in [6.45, 7) is 3.90. The molecule has 0 aliphatic carbocycles. The van der Waals surface area contributed by atoms with Crippen LogP contribution in [0.5, 0.6) is 0 Å². The number of aryl methyl sites for hydroxylation is 2. The SMILES string of the molecule is Cc1ccccc1NC(=S)Nc1ccc2c(C)cc(=O)oc2c1. The largest absolute Gasteiger partial charge is 0.423 e. The zero-order valence-electron chi connectivity index (χ0n) is 12.8. The third-order valence-corrected chi connectivity index (χ3v) is 3.81. The molecule has 0 aliphatic heterocycles. The van der Waals surface area contributed by atoms with E-state index in [1.54, 1.807) is 6.07 Å². The van der Waals surface area contributed by atoms with Crippen LogP contribution in [0.15, 0.2) is 57.7 Å². The number of rotatable bonds is 2. The molecule has 0 radical (unpaired) electrons. The van der Waals surface area contributed by atoms with Gasteiger partial charge in [0.2, 0.25) is 0 Å². The summed E-state index contributed by atoms with van der Waals surface area (Å²) < 4.78 is 5.24. The fraction of sp³-hybridized carbons (Fsp3) is 0.111. The molecule has 5 heteroatoms. The van der Waals surface area contributed by atoms with Crippen molar-refractivity contribution in [3.8, 4) is 0 Å². The number of nitrogens with one attached hydrogen (secondary N) is 2. The molecule has 0 amide bonds. The first-order valence-corrected chi connectivity index (χ1v) is 7.62. The van der Waals surface area contributed by atoms with Crippen LogP contribution in [0, 0.1) is 13.8 Å². The summed E-state index contributed by atoms with van der Waals surface area (Å²) in [5, 5.41) is 7.65. The van der Waals surface area contributed by atoms with Gasteiger partial charge in [0.05, 0.1) is 0 Å². The Labute approximate surface area is 139 Å². The van der Waals surface area contributed by atoms with Crippen molar-refractivity contribution >= 4 is 39.7 Å². The summed E-state index contributed by atoms with van der Waals surface area (Å²) in [5.41, 5.74) is 3.90. The van der Waals surface area contributed by atoms with Gasteiger partial charge in [-0.1, -0.05) is 18.2 Å². The summed E-state index contributed by atoms with van der Waals surface area (Å²) in [5.74, 6) is 0. The Morgan fingerprint density at radius 2 is 1.78 bits per heavy atom. The van der Waals surface area contributed by atoms with Crippen LogP contribution < -0.4 is 16.3 Å². The van der Waals surface area contributed by atoms with E-state index in [9.17, 15) is 4.79 Å². The Hall–Kier alpha value is -2.66. The summed E-state index contributed by atoms with van der Waals surface area (Å²) in [6, 6.07) is 15.0. The van der Waals surface area contributed by atoms with E-state index < -0.39 is 0 Å². The van der Waals surface area contributed by atoms with Crippen molar-refractivity contribution in [3.05, 3.63) is 70.1 Å². The number of benzene rings is 2. The molecule has 0 spiro atoms. The maximum atomic E-state index is 11.5. The first kappa shape index (κ1) is 15.2. The first-order valence-electron chi connectivity index (χ1n) is 7.21. The van der Waals surface area contributed by atoms with Gasteiger partial charge in [0, 0.05) is 28.9 Å². The van der Waals surface area contributed by atoms with Crippen LogP contribution in [-0.2, 0) is 0 Å². The second-order valence-electron chi connectivity index (χ2n) is 5.35. The fourth-order valence-corrected chi connectivity index (χ4v) is 2.63. The van der Waals surface area contributed by atoms with Gasteiger partial charge >= 0.3 is 5.63 Å². The van der Waals surface area contributed by atoms with Crippen LogP contribution in [0.3, 0.4) is 0 Å². The van der Waals surface area contributed by atoms with Gasteiger partial charge in [0.15, 0.2) is 5.11 Å². The van der Waals surface area contributed by atoms with Crippen molar-refractivity contribution in [2.75, 3.05) is 10.6 Å². The van der Waals surface area contributed by atoms with E-state index in [1.807, 2.05) is 50.2 Å². The van der Waals surface area contributed by atoms with Gasteiger partial charge in [-0.15, -0.1) is 0 Å². The van der Waals surface area contributed by atoms with Crippen molar-refractivity contribution in [2.45, 2.75) is 13.8 Å². The highest BCUT2D eigenvalue weighted by molar-refractivity contribution is 7.80. The molecule has 0 aliphatic rings. The minimum atomic E-state index is -0.354. The van der Waals surface area contributed by atoms with E-state index >= 15 is 0 Å². The Morgan fingerprint density at radius 1 is 1.00 bits per heavy atom. The Balaban J connectivity index is 1.83. The van der Waals surface area contributed by atoms with E-state index in [0.717, 1.165) is 27.9 Å². The Morgan fingerprint density at radius 3 is 2.57 bits per heavy atom. The molecule has 0 unspecified atom stereocenters. The summed E-state index contributed by atoms with van der Waals surface area (Å²) in [4.78, 5) is 11.5. The van der Waals surface area contributed by atoms with E-state index in [-0.39, 0.29) is 5.63 Å². The molecule has 116 valence electrons. The predicted molar refractivity (Wildman–Crippen MR) is 98.2 cm³/mol. The fourth-order valence-electron chi connectivity index (χ4n) is 2.40. The van der Waals surface area contributed by atoms with Crippen LogP contribution in [0.2, 0.25) is 0 Å². The quantitative estimate of drug-likeness (QED) is 0.546. The number of hydrogen-bond donors (Lipinski definition) is 2. The van der Waals surface area contributed by atoms with Gasteiger partial charge < -0.3 is 15.1 Å². The number of para-hydroxylation sites is 1. The van der Waals surface area contributed by atoms with Crippen molar-refractivity contribution in [3.63, 3.8) is 0 Å². The lowest BCUT2D eigenvalue weighted by atomic mass is 10.1. The third-order valence-electron chi connectivity index (χ3n) is 3.60. The van der Waals surface area contributed by atoms with Gasteiger partial charge in [-0.2, -0.15) is 0 Å². The van der Waals surface area contributed by atoms with Crippen LogP contribution in [0.25, 0.3) is 11.0 Å². The van der Waals surface area contributed by atoms with E-state index in [0.29, 0.717) is 10.7 Å². The molecular weight excluding hydrogens is 308 g/mol. The Bertz CT molecular complexity index is 947. The Kier molecular flexibility index (Phi) is 4.12. The number of hydrogen-bond acceptors (Lipinski definition) is 3. The van der Waals surface area contributed by atoms with E-state index in [2.05, 4.69) is 10.6 Å². The molecule has 0 fully saturated rings. The number of anilines is 2. The highest BCUT2D eigenvalue weighted by Crippen LogP contribution is 2.21. The normalized spacial score (nSPS) is 10.5. The standard InChI is InChI=1S/C18H16N2O2S/c1-11-5-3-4-6-15(11)20-18(23)19-13-7-8-14-12(2)9-17(21)22-16(14)10-13/h3-10H,1-2H3,(H2,19,20,23). The lowest BCUT2D eigenvalue weighted by molar-refractivity contribution is 0.560. The summed E-state index contributed by atoms with van der Waals surface area (Å²) in [7, 11) is 0. The van der Waals surface area contributed by atoms with E-state index in [4.69, 9.17) is 16.6 Å². The topological polar surface area (TPSA) is 54.3 Å². The van der Waals surface area contributed by atoms with Gasteiger partial charge in [0.25, 0.3) is 0 Å². The van der Waals surface area contributed by atoms with Crippen LogP contribution in [-0.4, -0.2) is 5.11 Å². The molecule has 0 bridgehead atoms. The average Bonchev–Trinajstić information content (AvgIpc) is 2.49. The minimum absolute atomic E-state index is 0.354. The molecule has 1 aromatic heterocycles. The minimum Gasteiger partial charge on any atom is -0.423 e. The molecule has 2 aromatic carbocycles. The highest BCUT2D eigenvalue weighted by Gasteiger charge is 2.05. The molecule has 0 saturated carbocycles. The zero-order chi connectivity index (χ0) is 16.4. The molecule has 4 nitrogen and oxygen atoms in total. The van der Waals surface area contributed by atoms with Crippen molar-refractivity contribution in [1.29, 1.82) is 0 Å². The highest BCUT2D eigenvalue weighted by atomic mass is 32.1. The lowest BCUT2D eigenvalue weighted by Crippen LogP contribution is -2.19. The smallest absolute Gasteiger partial charge is 0.336 e. The average molecular weight is 324 g/mol. The van der Waals surface area contributed by atoms with Crippen molar-refractivity contribution < 1.29 is 4.42 Å². The van der Waals surface area contributed by atoms with Gasteiger partial charge in [-0.3, -0.25) is 0 Å². The number of thiocarbonyl (C=S) groups is 1. The lowest BCUT2D eigenvalue weighted by Gasteiger charge is -2.12. The second kappa shape index (κ2) is 6.22. The van der Waals surface area contributed by atoms with Gasteiger partial charge in [-0.05, 0) is 55.4 Å². The molecule has 23 heavy (non-hydrogen) atoms.